The maximum absolute atomic E-state index is 6.20. The molecule has 0 saturated heterocycles. The van der Waals surface area contributed by atoms with E-state index >= 15 is 0 Å². The monoisotopic (exact) mass is 282 g/mol. The van der Waals surface area contributed by atoms with Gasteiger partial charge in [-0.25, -0.2) is 0 Å². The van der Waals surface area contributed by atoms with Crippen molar-refractivity contribution in [2.24, 2.45) is 11.8 Å². The van der Waals surface area contributed by atoms with Gasteiger partial charge in [0.05, 0.1) is 0 Å². The van der Waals surface area contributed by atoms with E-state index in [4.69, 9.17) is 17.4 Å². The molecule has 0 aromatic heterocycles. The second-order valence-electron chi connectivity index (χ2n) is 5.33. The zero-order valence-electron chi connectivity index (χ0n) is 12.4. The summed E-state index contributed by atoms with van der Waals surface area (Å²) in [6.45, 7) is 6.57. The van der Waals surface area contributed by atoms with Gasteiger partial charge in [-0.1, -0.05) is 63.3 Å². The Hall–Kier alpha value is -0.570. The maximum Gasteiger partial charge on any atom is 0.0465 e. The van der Waals surface area contributed by atoms with Crippen molar-refractivity contribution in [2.75, 3.05) is 0 Å². The molecular weight excluding hydrogens is 256 g/mol. The highest BCUT2D eigenvalue weighted by molar-refractivity contribution is 6.31. The van der Waals surface area contributed by atoms with Crippen molar-refractivity contribution in [1.82, 2.24) is 5.43 Å². The van der Waals surface area contributed by atoms with Crippen LogP contribution in [0.4, 0.5) is 0 Å². The van der Waals surface area contributed by atoms with E-state index < -0.39 is 0 Å². The zero-order valence-corrected chi connectivity index (χ0v) is 13.1. The summed E-state index contributed by atoms with van der Waals surface area (Å²) < 4.78 is 0. The van der Waals surface area contributed by atoms with Crippen molar-refractivity contribution in [3.63, 3.8) is 0 Å². The average Bonchev–Trinajstić information content (AvgIpc) is 2.43. The Morgan fingerprint density at radius 3 is 2.63 bits per heavy atom. The van der Waals surface area contributed by atoms with Crippen molar-refractivity contribution in [3.05, 3.63) is 34.3 Å². The lowest BCUT2D eigenvalue weighted by atomic mass is 9.88. The Labute approximate surface area is 122 Å². The largest absolute Gasteiger partial charge is 0.271 e. The fourth-order valence-corrected chi connectivity index (χ4v) is 2.78. The second-order valence-corrected chi connectivity index (χ2v) is 5.73. The van der Waals surface area contributed by atoms with Crippen molar-refractivity contribution < 1.29 is 0 Å². The molecule has 0 aliphatic carbocycles. The van der Waals surface area contributed by atoms with Gasteiger partial charge in [0.1, 0.15) is 0 Å². The Morgan fingerprint density at radius 2 is 2.05 bits per heavy atom. The summed E-state index contributed by atoms with van der Waals surface area (Å²) in [6.07, 6.45) is 6.12. The molecule has 0 saturated carbocycles. The molecule has 0 radical (unpaired) electrons. The van der Waals surface area contributed by atoms with Gasteiger partial charge in [-0.2, -0.15) is 0 Å². The standard InChI is InChI=1S/C16H27ClN2/c1-4-6-8-13(5-2)11-16(19-18)14-9-7-10-15(17)12(14)3/h7,9-10,13,16,19H,4-6,8,11,18H2,1-3H3. The quantitative estimate of drug-likeness (QED) is 0.533. The van der Waals surface area contributed by atoms with Crippen molar-refractivity contribution in [3.8, 4) is 0 Å². The molecule has 0 heterocycles. The molecule has 0 fully saturated rings. The molecule has 0 aliphatic rings. The molecule has 0 spiro atoms. The highest BCUT2D eigenvalue weighted by Crippen LogP contribution is 2.30. The molecule has 0 bridgehead atoms. The minimum Gasteiger partial charge on any atom is -0.271 e. The molecule has 3 heteroatoms. The molecule has 2 atom stereocenters. The van der Waals surface area contributed by atoms with Crippen LogP contribution in [0.25, 0.3) is 0 Å². The first-order valence-electron chi connectivity index (χ1n) is 7.35. The maximum atomic E-state index is 6.20. The van der Waals surface area contributed by atoms with E-state index in [-0.39, 0.29) is 6.04 Å². The van der Waals surface area contributed by atoms with E-state index in [1.165, 1.54) is 31.2 Å². The number of hydrogen-bond acceptors (Lipinski definition) is 2. The van der Waals surface area contributed by atoms with E-state index in [1.54, 1.807) is 0 Å². The first kappa shape index (κ1) is 16.5. The fourth-order valence-electron chi connectivity index (χ4n) is 2.60. The molecule has 1 rings (SSSR count). The molecule has 1 aromatic carbocycles. The minimum atomic E-state index is 0.195. The van der Waals surface area contributed by atoms with Gasteiger partial charge in [-0.05, 0) is 36.5 Å². The van der Waals surface area contributed by atoms with Crippen LogP contribution >= 0.6 is 11.6 Å². The number of hydrogen-bond donors (Lipinski definition) is 2. The predicted octanol–water partition coefficient (Wildman–Crippen LogP) is 4.76. The van der Waals surface area contributed by atoms with Crippen LogP contribution in [0, 0.1) is 12.8 Å². The summed E-state index contributed by atoms with van der Waals surface area (Å²) in [4.78, 5) is 0. The van der Waals surface area contributed by atoms with Gasteiger partial charge in [0.15, 0.2) is 0 Å². The minimum absolute atomic E-state index is 0.195. The predicted molar refractivity (Wildman–Crippen MR) is 84.2 cm³/mol. The summed E-state index contributed by atoms with van der Waals surface area (Å²) in [7, 11) is 0. The first-order chi connectivity index (χ1) is 9.13. The lowest BCUT2D eigenvalue weighted by Crippen LogP contribution is -2.30. The Morgan fingerprint density at radius 1 is 1.32 bits per heavy atom. The molecule has 2 unspecified atom stereocenters. The summed E-state index contributed by atoms with van der Waals surface area (Å²) >= 11 is 6.20. The molecule has 19 heavy (non-hydrogen) atoms. The van der Waals surface area contributed by atoms with Crippen LogP contribution in [0.15, 0.2) is 18.2 Å². The highest BCUT2D eigenvalue weighted by Gasteiger charge is 2.18. The number of hydrazine groups is 1. The number of nitrogens with one attached hydrogen (secondary N) is 1. The Balaban J connectivity index is 2.79. The number of nitrogens with two attached hydrogens (primary N) is 1. The smallest absolute Gasteiger partial charge is 0.0465 e. The lowest BCUT2D eigenvalue weighted by Gasteiger charge is -2.24. The van der Waals surface area contributed by atoms with Gasteiger partial charge >= 0.3 is 0 Å². The molecule has 2 nitrogen and oxygen atoms in total. The van der Waals surface area contributed by atoms with Crippen LogP contribution < -0.4 is 11.3 Å². The first-order valence-corrected chi connectivity index (χ1v) is 7.72. The summed E-state index contributed by atoms with van der Waals surface area (Å²) in [5.41, 5.74) is 5.33. The van der Waals surface area contributed by atoms with Crippen LogP contribution in [-0.4, -0.2) is 0 Å². The van der Waals surface area contributed by atoms with Crippen LogP contribution in [0.1, 0.15) is 63.1 Å². The van der Waals surface area contributed by atoms with Gasteiger partial charge < -0.3 is 0 Å². The van der Waals surface area contributed by atoms with Crippen LogP contribution in [0.2, 0.25) is 5.02 Å². The number of unbranched alkanes of at least 4 members (excludes halogenated alkanes) is 1. The number of rotatable bonds is 8. The van der Waals surface area contributed by atoms with Gasteiger partial charge in [0.2, 0.25) is 0 Å². The van der Waals surface area contributed by atoms with Crippen molar-refractivity contribution in [2.45, 2.75) is 58.9 Å². The average molecular weight is 283 g/mol. The van der Waals surface area contributed by atoms with Gasteiger partial charge in [-0.15, -0.1) is 0 Å². The third kappa shape index (κ3) is 4.79. The van der Waals surface area contributed by atoms with Crippen LogP contribution in [-0.2, 0) is 0 Å². The van der Waals surface area contributed by atoms with Gasteiger partial charge in [-0.3, -0.25) is 11.3 Å². The molecular formula is C16H27ClN2. The molecule has 0 aliphatic heterocycles. The summed E-state index contributed by atoms with van der Waals surface area (Å²) in [6, 6.07) is 6.25. The summed E-state index contributed by atoms with van der Waals surface area (Å²) in [5.74, 6) is 6.48. The Bertz CT molecular complexity index is 379. The van der Waals surface area contributed by atoms with Gasteiger partial charge in [0, 0.05) is 11.1 Å². The summed E-state index contributed by atoms with van der Waals surface area (Å²) in [5, 5.41) is 0.819. The van der Waals surface area contributed by atoms with E-state index in [0.717, 1.165) is 22.9 Å². The van der Waals surface area contributed by atoms with E-state index in [0.29, 0.717) is 0 Å². The van der Waals surface area contributed by atoms with Crippen LogP contribution in [0.3, 0.4) is 0 Å². The lowest BCUT2D eigenvalue weighted by molar-refractivity contribution is 0.355. The SMILES string of the molecule is CCCCC(CC)CC(NN)c1cccc(Cl)c1C. The van der Waals surface area contributed by atoms with E-state index in [1.807, 2.05) is 12.1 Å². The highest BCUT2D eigenvalue weighted by atomic mass is 35.5. The third-order valence-corrected chi connectivity index (χ3v) is 4.41. The van der Waals surface area contributed by atoms with E-state index in [9.17, 15) is 0 Å². The Kier molecular flexibility index (Phi) is 7.44. The normalized spacial score (nSPS) is 14.4. The fraction of sp³-hybridized carbons (Fsp3) is 0.625. The topological polar surface area (TPSA) is 38.0 Å². The number of benzene rings is 1. The molecule has 108 valence electrons. The zero-order chi connectivity index (χ0) is 14.3. The second kappa shape index (κ2) is 8.57. The van der Waals surface area contributed by atoms with Crippen LogP contribution in [0.5, 0.6) is 0 Å². The third-order valence-electron chi connectivity index (χ3n) is 4.00. The molecule has 0 amide bonds. The van der Waals surface area contributed by atoms with E-state index in [2.05, 4.69) is 32.3 Å². The van der Waals surface area contributed by atoms with Crippen molar-refractivity contribution in [1.29, 1.82) is 0 Å². The van der Waals surface area contributed by atoms with Gasteiger partial charge in [0.25, 0.3) is 0 Å². The molecule has 3 N–H and O–H groups in total. The molecule has 1 aromatic rings. The van der Waals surface area contributed by atoms with Crippen molar-refractivity contribution >= 4 is 11.6 Å². The number of halogens is 1.